The van der Waals surface area contributed by atoms with Gasteiger partial charge in [0.25, 0.3) is 0 Å². The maximum Gasteiger partial charge on any atom is 0.522 e. The van der Waals surface area contributed by atoms with Crippen LogP contribution in [-0.4, -0.2) is 46.3 Å². The Hall–Kier alpha value is -2.21. The second kappa shape index (κ2) is 8.93. The lowest BCUT2D eigenvalue weighted by molar-refractivity contribution is -0.352. The number of carbonyl (C=O) groups is 1. The van der Waals surface area contributed by atoms with E-state index in [4.69, 9.17) is 25.5 Å². The fraction of sp³-hybridized carbons (Fsp3) is 0.640. The van der Waals surface area contributed by atoms with Crippen molar-refractivity contribution in [2.75, 3.05) is 6.61 Å². The van der Waals surface area contributed by atoms with Gasteiger partial charge in [-0.05, 0) is 56.7 Å². The SMILES string of the molecule is O=C(CC12CCC(c3nnc(C4CC(OC(F)(F)F)C4)o3)(CC1)OC2)[C@@H]1C[C@H](O)c2cc(Cl)ccc2O1. The van der Waals surface area contributed by atoms with Crippen LogP contribution in [0.25, 0.3) is 0 Å². The molecule has 5 aliphatic rings. The predicted octanol–water partition coefficient (Wildman–Crippen LogP) is 5.14. The lowest BCUT2D eigenvalue weighted by Gasteiger charge is -2.51. The molecule has 4 heterocycles. The third-order valence-electron chi connectivity index (χ3n) is 8.29. The van der Waals surface area contributed by atoms with Gasteiger partial charge < -0.3 is 19.0 Å². The number of rotatable bonds is 6. The second-order valence-corrected chi connectivity index (χ2v) is 11.2. The topological polar surface area (TPSA) is 104 Å². The van der Waals surface area contributed by atoms with Crippen molar-refractivity contribution in [1.29, 1.82) is 0 Å². The van der Waals surface area contributed by atoms with Gasteiger partial charge in [0.2, 0.25) is 11.8 Å². The van der Waals surface area contributed by atoms with Gasteiger partial charge in [-0.15, -0.1) is 23.4 Å². The molecule has 0 radical (unpaired) electrons. The molecule has 1 aromatic heterocycles. The molecule has 2 aromatic rings. The number of aliphatic hydroxyl groups is 1. The normalized spacial score (nSPS) is 34.9. The van der Waals surface area contributed by atoms with Crippen LogP contribution in [0.2, 0.25) is 5.02 Å². The summed E-state index contributed by atoms with van der Waals surface area (Å²) in [6, 6.07) is 4.99. The number of benzene rings is 1. The molecule has 12 heteroatoms. The highest BCUT2D eigenvalue weighted by Crippen LogP contribution is 2.55. The van der Waals surface area contributed by atoms with Crippen molar-refractivity contribution in [1.82, 2.24) is 10.2 Å². The molecule has 2 saturated heterocycles. The molecule has 2 atom stereocenters. The molecule has 0 amide bonds. The zero-order valence-corrected chi connectivity index (χ0v) is 20.6. The number of halogens is 4. The smallest absolute Gasteiger partial charge is 0.482 e. The van der Waals surface area contributed by atoms with E-state index in [1.54, 1.807) is 18.2 Å². The zero-order chi connectivity index (χ0) is 26.0. The Morgan fingerprint density at radius 1 is 1.16 bits per heavy atom. The summed E-state index contributed by atoms with van der Waals surface area (Å²) < 4.78 is 59.2. The average Bonchev–Trinajstić information content (AvgIpc) is 3.32. The van der Waals surface area contributed by atoms with Crippen molar-refractivity contribution in [3.8, 4) is 5.75 Å². The van der Waals surface area contributed by atoms with Gasteiger partial charge in [0, 0.05) is 34.8 Å². The fourth-order valence-corrected chi connectivity index (χ4v) is 6.18. The van der Waals surface area contributed by atoms with E-state index < -0.39 is 30.3 Å². The maximum absolute atomic E-state index is 13.2. The van der Waals surface area contributed by atoms with Crippen molar-refractivity contribution in [3.05, 3.63) is 40.6 Å². The quantitative estimate of drug-likeness (QED) is 0.535. The van der Waals surface area contributed by atoms with Gasteiger partial charge in [0.15, 0.2) is 11.9 Å². The number of aromatic nitrogens is 2. The van der Waals surface area contributed by atoms with Gasteiger partial charge in [0.05, 0.1) is 18.8 Å². The van der Waals surface area contributed by atoms with Crippen LogP contribution in [0.4, 0.5) is 13.2 Å². The Kier molecular flexibility index (Phi) is 6.05. The van der Waals surface area contributed by atoms with Gasteiger partial charge in [-0.2, -0.15) is 0 Å². The number of Topliss-reactive ketones (excluding diaryl/α,β-unsaturated/α-hetero) is 1. The predicted molar refractivity (Wildman–Crippen MR) is 121 cm³/mol. The number of aliphatic hydroxyl groups excluding tert-OH is 1. The van der Waals surface area contributed by atoms with E-state index in [0.717, 1.165) is 12.8 Å². The molecule has 200 valence electrons. The van der Waals surface area contributed by atoms with Crippen molar-refractivity contribution >= 4 is 17.4 Å². The molecule has 37 heavy (non-hydrogen) atoms. The number of hydrogen-bond donors (Lipinski definition) is 1. The molecule has 1 aromatic carbocycles. The summed E-state index contributed by atoms with van der Waals surface area (Å²) in [5.74, 6) is 0.786. The molecule has 2 aliphatic carbocycles. The highest BCUT2D eigenvalue weighted by molar-refractivity contribution is 6.30. The van der Waals surface area contributed by atoms with Gasteiger partial charge >= 0.3 is 6.36 Å². The Morgan fingerprint density at radius 3 is 2.59 bits per heavy atom. The molecular weight excluding hydrogens is 517 g/mol. The van der Waals surface area contributed by atoms with E-state index in [9.17, 15) is 23.1 Å². The summed E-state index contributed by atoms with van der Waals surface area (Å²) in [6.07, 6.45) is -3.65. The number of fused-ring (bicyclic) bond motifs is 4. The number of ether oxygens (including phenoxy) is 3. The van der Waals surface area contributed by atoms with Crippen LogP contribution >= 0.6 is 11.6 Å². The molecular formula is C25H26ClF3N2O6. The van der Waals surface area contributed by atoms with Gasteiger partial charge in [-0.1, -0.05) is 11.6 Å². The molecule has 4 fully saturated rings. The lowest BCUT2D eigenvalue weighted by Crippen LogP contribution is -2.51. The van der Waals surface area contributed by atoms with Crippen molar-refractivity contribution in [2.45, 2.75) is 87.6 Å². The first kappa shape index (κ1) is 25.1. The first-order valence-corrected chi connectivity index (χ1v) is 12.8. The van der Waals surface area contributed by atoms with Crippen molar-refractivity contribution < 1.29 is 41.7 Å². The third kappa shape index (κ3) is 4.75. The molecule has 8 nitrogen and oxygen atoms in total. The highest BCUT2D eigenvalue weighted by Gasteiger charge is 2.55. The van der Waals surface area contributed by atoms with Crippen molar-refractivity contribution in [2.24, 2.45) is 5.41 Å². The van der Waals surface area contributed by atoms with E-state index in [2.05, 4.69) is 14.9 Å². The molecule has 3 aliphatic heterocycles. The van der Waals surface area contributed by atoms with Crippen LogP contribution in [0, 0.1) is 5.41 Å². The van der Waals surface area contributed by atoms with Crippen LogP contribution in [0.3, 0.4) is 0 Å². The number of alkyl halides is 3. The second-order valence-electron chi connectivity index (χ2n) is 10.8. The minimum Gasteiger partial charge on any atom is -0.482 e. The van der Waals surface area contributed by atoms with E-state index >= 15 is 0 Å². The summed E-state index contributed by atoms with van der Waals surface area (Å²) in [7, 11) is 0. The summed E-state index contributed by atoms with van der Waals surface area (Å²) in [5.41, 5.74) is -0.480. The molecule has 0 unspecified atom stereocenters. The molecule has 1 N–H and O–H groups in total. The Morgan fingerprint density at radius 2 is 1.92 bits per heavy atom. The van der Waals surface area contributed by atoms with Crippen LogP contribution < -0.4 is 4.74 Å². The Labute approximate surface area is 215 Å². The minimum absolute atomic E-state index is 0.0710. The Bertz CT molecular complexity index is 1170. The zero-order valence-electron chi connectivity index (χ0n) is 19.8. The molecule has 2 bridgehead atoms. The monoisotopic (exact) mass is 542 g/mol. The number of nitrogens with zero attached hydrogens (tertiary/aromatic N) is 2. The summed E-state index contributed by atoms with van der Waals surface area (Å²) in [4.78, 5) is 13.2. The molecule has 7 rings (SSSR count). The van der Waals surface area contributed by atoms with Crippen LogP contribution in [0.5, 0.6) is 5.75 Å². The molecule has 2 saturated carbocycles. The average molecular weight is 543 g/mol. The molecule has 0 spiro atoms. The summed E-state index contributed by atoms with van der Waals surface area (Å²) >= 11 is 6.02. The number of hydrogen-bond acceptors (Lipinski definition) is 8. The fourth-order valence-electron chi connectivity index (χ4n) is 6.00. The van der Waals surface area contributed by atoms with Gasteiger partial charge in [-0.25, -0.2) is 0 Å². The number of carbonyl (C=O) groups excluding carboxylic acids is 1. The minimum atomic E-state index is -4.65. The first-order chi connectivity index (χ1) is 17.5. The van der Waals surface area contributed by atoms with Gasteiger partial charge in [-0.3, -0.25) is 9.53 Å². The van der Waals surface area contributed by atoms with Crippen LogP contribution in [-0.2, 0) is 19.9 Å². The largest absolute Gasteiger partial charge is 0.522 e. The maximum atomic E-state index is 13.2. The van der Waals surface area contributed by atoms with Crippen molar-refractivity contribution in [3.63, 3.8) is 0 Å². The highest BCUT2D eigenvalue weighted by atomic mass is 35.5. The van der Waals surface area contributed by atoms with E-state index in [1.807, 2.05) is 0 Å². The first-order valence-electron chi connectivity index (χ1n) is 12.4. The Balaban J connectivity index is 1.06. The third-order valence-corrected chi connectivity index (χ3v) is 8.53. The van der Waals surface area contributed by atoms with Crippen LogP contribution in [0.15, 0.2) is 22.6 Å². The summed E-state index contributed by atoms with van der Waals surface area (Å²) in [6.45, 7) is 0.350. The van der Waals surface area contributed by atoms with E-state index in [1.165, 1.54) is 0 Å². The summed E-state index contributed by atoms with van der Waals surface area (Å²) in [5, 5.41) is 19.3. The number of ketones is 1. The van der Waals surface area contributed by atoms with Crippen LogP contribution in [0.1, 0.15) is 80.7 Å². The van der Waals surface area contributed by atoms with Gasteiger partial charge in [0.1, 0.15) is 11.4 Å². The van der Waals surface area contributed by atoms with E-state index in [0.29, 0.717) is 47.6 Å². The lowest BCUT2D eigenvalue weighted by atomic mass is 9.63. The standard InChI is InChI=1S/C25H26ClF3N2O6/c26-14-1-2-19-16(9-14)17(32)10-20(35-19)18(33)11-23-3-5-24(6-4-23,34-12-23)22-31-30-21(36-22)13-7-15(8-13)37-25(27,28)29/h1-2,9,13,15,17,20,32H,3-8,10-12H2/t13?,15?,17-,20-,23?,24?/m0/s1. The van der Waals surface area contributed by atoms with E-state index in [-0.39, 0.29) is 42.8 Å².